The van der Waals surface area contributed by atoms with Gasteiger partial charge in [0.25, 0.3) is 0 Å². The first-order valence-electron chi connectivity index (χ1n) is 5.15. The lowest BCUT2D eigenvalue weighted by molar-refractivity contribution is 0.103. The van der Waals surface area contributed by atoms with Crippen LogP contribution < -0.4 is 0 Å². The molecule has 3 heteroatoms. The molecule has 0 atom stereocenters. The van der Waals surface area contributed by atoms with Crippen molar-refractivity contribution in [2.24, 2.45) is 0 Å². The van der Waals surface area contributed by atoms with Crippen molar-refractivity contribution in [3.05, 3.63) is 68.1 Å². The monoisotopic (exact) mass is 352 g/mol. The van der Waals surface area contributed by atoms with Gasteiger partial charge in [-0.3, -0.25) is 4.79 Å². The van der Waals surface area contributed by atoms with Crippen LogP contribution in [0.3, 0.4) is 0 Å². The second kappa shape index (κ2) is 5.15. The molecule has 86 valence electrons. The number of rotatable bonds is 2. The molecule has 0 aliphatic rings. The smallest absolute Gasteiger partial charge is 0.194 e. The van der Waals surface area contributed by atoms with Gasteiger partial charge in [0.2, 0.25) is 0 Å². The Bertz CT molecular complexity index is 576. The fourth-order valence-electron chi connectivity index (χ4n) is 1.64. The first kappa shape index (κ1) is 12.5. The van der Waals surface area contributed by atoms with Crippen molar-refractivity contribution in [1.82, 2.24) is 0 Å². The van der Waals surface area contributed by atoms with Gasteiger partial charge in [0, 0.05) is 20.1 Å². The molecule has 0 amide bonds. The molecule has 0 heterocycles. The van der Waals surface area contributed by atoms with Gasteiger partial charge in [0.1, 0.15) is 0 Å². The molecule has 17 heavy (non-hydrogen) atoms. The highest BCUT2D eigenvalue weighted by molar-refractivity contribution is 9.11. The Morgan fingerprint density at radius 3 is 2.41 bits per heavy atom. The zero-order chi connectivity index (χ0) is 12.4. The molecule has 0 radical (unpaired) electrons. The number of benzene rings is 2. The molecule has 2 aromatic carbocycles. The van der Waals surface area contributed by atoms with E-state index >= 15 is 0 Å². The summed E-state index contributed by atoms with van der Waals surface area (Å²) in [5.74, 6) is 0.0382. The van der Waals surface area contributed by atoms with Gasteiger partial charge in [0.15, 0.2) is 5.78 Å². The zero-order valence-corrected chi connectivity index (χ0v) is 12.4. The summed E-state index contributed by atoms with van der Waals surface area (Å²) in [6.07, 6.45) is 0. The molecule has 0 saturated heterocycles. The van der Waals surface area contributed by atoms with Crippen molar-refractivity contribution in [3.8, 4) is 0 Å². The maximum atomic E-state index is 12.4. The van der Waals surface area contributed by atoms with Gasteiger partial charge < -0.3 is 0 Å². The van der Waals surface area contributed by atoms with Crippen LogP contribution in [0.1, 0.15) is 21.5 Å². The molecule has 0 aliphatic carbocycles. The number of hydrogen-bond donors (Lipinski definition) is 0. The number of carbonyl (C=O) groups is 1. The average molecular weight is 354 g/mol. The number of aryl methyl sites for hydroxylation is 1. The minimum Gasteiger partial charge on any atom is -0.289 e. The summed E-state index contributed by atoms with van der Waals surface area (Å²) >= 11 is 6.79. The number of ketones is 1. The topological polar surface area (TPSA) is 17.1 Å². The Balaban J connectivity index is 2.51. The predicted octanol–water partition coefficient (Wildman–Crippen LogP) is 4.75. The third-order valence-electron chi connectivity index (χ3n) is 2.56. The van der Waals surface area contributed by atoms with Crippen LogP contribution in [0.2, 0.25) is 0 Å². The zero-order valence-electron chi connectivity index (χ0n) is 9.21. The highest BCUT2D eigenvalue weighted by Crippen LogP contribution is 2.25. The van der Waals surface area contributed by atoms with E-state index < -0.39 is 0 Å². The summed E-state index contributed by atoms with van der Waals surface area (Å²) < 4.78 is 1.71. The molecule has 1 nitrogen and oxygen atoms in total. The van der Waals surface area contributed by atoms with E-state index in [4.69, 9.17) is 0 Å². The molecule has 2 aromatic rings. The fraction of sp³-hybridized carbons (Fsp3) is 0.0714. The highest BCUT2D eigenvalue weighted by Gasteiger charge is 2.14. The lowest BCUT2D eigenvalue weighted by Crippen LogP contribution is -2.04. The van der Waals surface area contributed by atoms with Crippen LogP contribution in [0.5, 0.6) is 0 Å². The molecule has 0 unspecified atom stereocenters. The summed E-state index contributed by atoms with van der Waals surface area (Å²) in [6.45, 7) is 1.94. The van der Waals surface area contributed by atoms with Crippen LogP contribution in [0.4, 0.5) is 0 Å². The van der Waals surface area contributed by atoms with E-state index in [9.17, 15) is 4.79 Å². The van der Waals surface area contributed by atoms with Gasteiger partial charge in [-0.1, -0.05) is 56.1 Å². The Labute approximate surface area is 117 Å². The van der Waals surface area contributed by atoms with Crippen LogP contribution in [-0.2, 0) is 0 Å². The van der Waals surface area contributed by atoms with E-state index in [-0.39, 0.29) is 5.78 Å². The van der Waals surface area contributed by atoms with Gasteiger partial charge >= 0.3 is 0 Å². The third-order valence-corrected chi connectivity index (χ3v) is 3.75. The van der Waals surface area contributed by atoms with Gasteiger partial charge in [-0.15, -0.1) is 0 Å². The van der Waals surface area contributed by atoms with E-state index in [0.29, 0.717) is 5.56 Å². The molecule has 0 aromatic heterocycles. The summed E-state index contributed by atoms with van der Waals surface area (Å²) in [6, 6.07) is 13.2. The van der Waals surface area contributed by atoms with Crippen LogP contribution in [-0.4, -0.2) is 5.78 Å². The molecule has 2 rings (SSSR count). The van der Waals surface area contributed by atoms with Gasteiger partial charge in [-0.2, -0.15) is 0 Å². The molecule has 0 saturated carbocycles. The maximum Gasteiger partial charge on any atom is 0.194 e. The van der Waals surface area contributed by atoms with E-state index in [2.05, 4.69) is 31.9 Å². The number of hydrogen-bond acceptors (Lipinski definition) is 1. The minimum atomic E-state index is 0.0382. The van der Waals surface area contributed by atoms with Gasteiger partial charge in [-0.05, 0) is 30.7 Å². The summed E-state index contributed by atoms with van der Waals surface area (Å²) in [4.78, 5) is 12.4. The molecule has 0 aliphatic heterocycles. The Morgan fingerprint density at radius 1 is 1.00 bits per heavy atom. The first-order chi connectivity index (χ1) is 8.09. The van der Waals surface area contributed by atoms with Crippen LogP contribution in [0, 0.1) is 6.92 Å². The Morgan fingerprint density at radius 2 is 1.71 bits per heavy atom. The normalized spacial score (nSPS) is 10.3. The Kier molecular flexibility index (Phi) is 3.79. The van der Waals surface area contributed by atoms with Gasteiger partial charge in [0.05, 0.1) is 0 Å². The average Bonchev–Trinajstić information content (AvgIpc) is 2.32. The molecular formula is C14H10Br2O. The molecule has 0 N–H and O–H groups in total. The standard InChI is InChI=1S/C14H10Br2O/c1-9-4-2-3-5-11(9)14(17)12-8-10(15)6-7-13(12)16/h2-8H,1H3. The SMILES string of the molecule is Cc1ccccc1C(=O)c1cc(Br)ccc1Br. The van der Waals surface area contributed by atoms with Gasteiger partial charge in [-0.25, -0.2) is 0 Å². The van der Waals surface area contributed by atoms with Crippen molar-refractivity contribution in [1.29, 1.82) is 0 Å². The maximum absolute atomic E-state index is 12.4. The molecule has 0 spiro atoms. The van der Waals surface area contributed by atoms with E-state index in [1.807, 2.05) is 49.4 Å². The fourth-order valence-corrected chi connectivity index (χ4v) is 2.43. The van der Waals surface area contributed by atoms with Crippen LogP contribution in [0.25, 0.3) is 0 Å². The van der Waals surface area contributed by atoms with Crippen molar-refractivity contribution >= 4 is 37.6 Å². The largest absolute Gasteiger partial charge is 0.289 e. The van der Waals surface area contributed by atoms with Crippen LogP contribution >= 0.6 is 31.9 Å². The van der Waals surface area contributed by atoms with Crippen molar-refractivity contribution < 1.29 is 4.79 Å². The van der Waals surface area contributed by atoms with Crippen molar-refractivity contribution in [2.75, 3.05) is 0 Å². The lowest BCUT2D eigenvalue weighted by atomic mass is 9.99. The van der Waals surface area contributed by atoms with E-state index in [0.717, 1.165) is 20.1 Å². The molecule has 0 fully saturated rings. The second-order valence-corrected chi connectivity index (χ2v) is 5.54. The lowest BCUT2D eigenvalue weighted by Gasteiger charge is -2.07. The minimum absolute atomic E-state index is 0.0382. The summed E-state index contributed by atoms with van der Waals surface area (Å²) in [5, 5.41) is 0. The number of halogens is 2. The van der Waals surface area contributed by atoms with E-state index in [1.165, 1.54) is 0 Å². The van der Waals surface area contributed by atoms with E-state index in [1.54, 1.807) is 0 Å². The third kappa shape index (κ3) is 2.67. The van der Waals surface area contributed by atoms with Crippen LogP contribution in [0.15, 0.2) is 51.4 Å². The Hall–Kier alpha value is -0.930. The highest BCUT2D eigenvalue weighted by atomic mass is 79.9. The summed E-state index contributed by atoms with van der Waals surface area (Å²) in [5.41, 5.74) is 2.41. The predicted molar refractivity (Wildman–Crippen MR) is 76.5 cm³/mol. The summed E-state index contributed by atoms with van der Waals surface area (Å²) in [7, 11) is 0. The van der Waals surface area contributed by atoms with Crippen molar-refractivity contribution in [3.63, 3.8) is 0 Å². The molecule has 0 bridgehead atoms. The first-order valence-corrected chi connectivity index (χ1v) is 6.73. The van der Waals surface area contributed by atoms with Crippen molar-refractivity contribution in [2.45, 2.75) is 6.92 Å². The molecular weight excluding hydrogens is 344 g/mol. The quantitative estimate of drug-likeness (QED) is 0.712. The number of carbonyl (C=O) groups excluding carboxylic acids is 1. The second-order valence-electron chi connectivity index (χ2n) is 3.77.